The van der Waals surface area contributed by atoms with Crippen LogP contribution in [0, 0.1) is 23.6 Å². The maximum Gasteiger partial charge on any atom is 0.410 e. The summed E-state index contributed by atoms with van der Waals surface area (Å²) >= 11 is 0. The Balaban J connectivity index is 1.43. The number of likely N-dealkylation sites (tertiary alicyclic amines) is 1. The number of nitrogens with one attached hydrogen (secondary N) is 1. The van der Waals surface area contributed by atoms with Crippen LogP contribution in [-0.2, 0) is 22.1 Å². The van der Waals surface area contributed by atoms with Crippen LogP contribution in [0.15, 0.2) is 18.2 Å². The number of aromatic nitrogens is 2. The molecule has 30 heavy (non-hydrogen) atoms. The number of amides is 2. The molecule has 2 fully saturated rings. The predicted octanol–water partition coefficient (Wildman–Crippen LogP) is 3.18. The molecule has 2 aliphatic rings. The molecule has 1 saturated carbocycles. The van der Waals surface area contributed by atoms with E-state index in [1.165, 1.54) is 10.7 Å². The first-order chi connectivity index (χ1) is 13.9. The third-order valence-corrected chi connectivity index (χ3v) is 5.99. The molecule has 1 N–H and O–H groups in total. The van der Waals surface area contributed by atoms with Crippen LogP contribution in [0.5, 0.6) is 0 Å². The molecule has 1 aromatic carbocycles. The molecule has 1 aliphatic carbocycles. The Morgan fingerprint density at radius 1 is 1.17 bits per heavy atom. The van der Waals surface area contributed by atoms with Crippen molar-refractivity contribution in [3.05, 3.63) is 29.7 Å². The van der Waals surface area contributed by atoms with Gasteiger partial charge in [-0.25, -0.2) is 9.18 Å². The highest BCUT2D eigenvalue weighted by Gasteiger charge is 2.61. The number of ether oxygens (including phenoxy) is 1. The van der Waals surface area contributed by atoms with E-state index in [0.29, 0.717) is 29.7 Å². The predicted molar refractivity (Wildman–Crippen MR) is 110 cm³/mol. The summed E-state index contributed by atoms with van der Waals surface area (Å²) in [4.78, 5) is 26.9. The Morgan fingerprint density at radius 3 is 2.40 bits per heavy atom. The molecular formula is C22H29FN4O3. The Morgan fingerprint density at radius 2 is 1.80 bits per heavy atom. The molecule has 0 bridgehead atoms. The first-order valence-electron chi connectivity index (χ1n) is 10.3. The molecular weight excluding hydrogens is 387 g/mol. The Kier molecular flexibility index (Phi) is 4.60. The van der Waals surface area contributed by atoms with Gasteiger partial charge in [-0.3, -0.25) is 9.48 Å². The van der Waals surface area contributed by atoms with Crippen molar-refractivity contribution in [1.29, 1.82) is 0 Å². The monoisotopic (exact) mass is 416 g/mol. The number of carbonyl (C=O) groups is 2. The number of aryl methyl sites for hydroxylation is 1. The van der Waals surface area contributed by atoms with E-state index in [1.807, 2.05) is 40.7 Å². The van der Waals surface area contributed by atoms with E-state index in [9.17, 15) is 14.0 Å². The number of nitrogens with zero attached hydrogens (tertiary/aromatic N) is 3. The lowest BCUT2D eigenvalue weighted by molar-refractivity contribution is -0.125. The van der Waals surface area contributed by atoms with E-state index in [2.05, 4.69) is 10.4 Å². The van der Waals surface area contributed by atoms with Crippen molar-refractivity contribution in [2.45, 2.75) is 45.8 Å². The van der Waals surface area contributed by atoms with Gasteiger partial charge in [0, 0.05) is 31.4 Å². The summed E-state index contributed by atoms with van der Waals surface area (Å²) in [6, 6.07) is 4.87. The first-order valence-corrected chi connectivity index (χ1v) is 10.3. The highest BCUT2D eigenvalue weighted by atomic mass is 19.1. The maximum atomic E-state index is 14.2. The lowest BCUT2D eigenvalue weighted by atomic mass is 9.96. The summed E-state index contributed by atoms with van der Waals surface area (Å²) in [5.74, 6) is -0.184. The van der Waals surface area contributed by atoms with Gasteiger partial charge in [0.2, 0.25) is 5.91 Å². The second kappa shape index (κ2) is 6.68. The van der Waals surface area contributed by atoms with Crippen molar-refractivity contribution in [3.63, 3.8) is 0 Å². The SMILES string of the molecule is Cn1nc(C(C)(C)NC(=O)[C@H]2[C@@H]3CN(C(=O)OC(C)(C)C)C[C@@H]32)c2cccc(F)c21. The third-order valence-electron chi connectivity index (χ3n) is 5.99. The Labute approximate surface area is 175 Å². The first kappa shape index (κ1) is 20.6. The molecule has 0 spiro atoms. The number of rotatable bonds is 3. The van der Waals surface area contributed by atoms with Crippen molar-refractivity contribution in [1.82, 2.24) is 20.0 Å². The molecule has 2 aromatic rings. The standard InChI is InChI=1S/C22H29FN4O3/c1-21(2,3)30-20(29)27-10-13-14(11-27)16(13)19(28)24-22(4,5)18-12-8-7-9-15(23)17(12)26(6)25-18/h7-9,13-14,16H,10-11H2,1-6H3,(H,24,28)/t13-,14+,16+. The number of benzene rings is 1. The molecule has 1 aromatic heterocycles. The smallest absolute Gasteiger partial charge is 0.410 e. The minimum atomic E-state index is -0.758. The molecule has 8 heteroatoms. The molecule has 2 amide bonds. The van der Waals surface area contributed by atoms with E-state index in [-0.39, 0.29) is 35.6 Å². The lowest BCUT2D eigenvalue weighted by Crippen LogP contribution is -2.44. The zero-order chi connectivity index (χ0) is 22.0. The van der Waals surface area contributed by atoms with Crippen LogP contribution in [-0.4, -0.2) is 45.4 Å². The van der Waals surface area contributed by atoms with Gasteiger partial charge in [0.15, 0.2) is 0 Å². The topological polar surface area (TPSA) is 76.5 Å². The van der Waals surface area contributed by atoms with Crippen molar-refractivity contribution in [3.8, 4) is 0 Å². The second-order valence-corrected chi connectivity index (χ2v) is 9.96. The van der Waals surface area contributed by atoms with Crippen LogP contribution >= 0.6 is 0 Å². The fourth-order valence-corrected chi connectivity index (χ4v) is 4.59. The number of piperidine rings is 1. The number of halogens is 1. The molecule has 2 heterocycles. The van der Waals surface area contributed by atoms with E-state index in [1.54, 1.807) is 18.0 Å². The molecule has 0 unspecified atom stereocenters. The normalized spacial score (nSPS) is 23.4. The van der Waals surface area contributed by atoms with Gasteiger partial charge >= 0.3 is 6.09 Å². The van der Waals surface area contributed by atoms with Gasteiger partial charge in [-0.1, -0.05) is 12.1 Å². The van der Waals surface area contributed by atoms with Crippen LogP contribution in [0.25, 0.3) is 10.9 Å². The van der Waals surface area contributed by atoms with Gasteiger partial charge in [-0.05, 0) is 52.5 Å². The number of carbonyl (C=O) groups excluding carboxylic acids is 2. The van der Waals surface area contributed by atoms with Gasteiger partial charge in [-0.15, -0.1) is 0 Å². The Bertz CT molecular complexity index is 1010. The van der Waals surface area contributed by atoms with Gasteiger partial charge in [0.25, 0.3) is 0 Å². The van der Waals surface area contributed by atoms with Crippen molar-refractivity contribution >= 4 is 22.9 Å². The zero-order valence-electron chi connectivity index (χ0n) is 18.3. The van der Waals surface area contributed by atoms with Crippen LogP contribution in [0.3, 0.4) is 0 Å². The van der Waals surface area contributed by atoms with E-state index in [4.69, 9.17) is 4.74 Å². The fourth-order valence-electron chi connectivity index (χ4n) is 4.59. The van der Waals surface area contributed by atoms with Crippen LogP contribution in [0.4, 0.5) is 9.18 Å². The minimum absolute atomic E-state index is 0.0472. The molecule has 1 aliphatic heterocycles. The van der Waals surface area contributed by atoms with Crippen LogP contribution in [0.1, 0.15) is 40.3 Å². The molecule has 7 nitrogen and oxygen atoms in total. The van der Waals surface area contributed by atoms with Gasteiger partial charge < -0.3 is 15.0 Å². The average Bonchev–Trinajstić information content (AvgIpc) is 2.95. The quantitative estimate of drug-likeness (QED) is 0.834. The molecule has 1 saturated heterocycles. The number of fused-ring (bicyclic) bond motifs is 2. The number of hydrogen-bond donors (Lipinski definition) is 1. The fraction of sp³-hybridized carbons (Fsp3) is 0.591. The van der Waals surface area contributed by atoms with E-state index < -0.39 is 11.1 Å². The third kappa shape index (κ3) is 3.52. The van der Waals surface area contributed by atoms with Crippen molar-refractivity contribution < 1.29 is 18.7 Å². The second-order valence-electron chi connectivity index (χ2n) is 9.96. The summed E-state index contributed by atoms with van der Waals surface area (Å²) in [6.45, 7) is 10.4. The van der Waals surface area contributed by atoms with Gasteiger partial charge in [0.1, 0.15) is 16.9 Å². The summed E-state index contributed by atoms with van der Waals surface area (Å²) in [5.41, 5.74) is -0.234. The molecule has 0 radical (unpaired) electrons. The molecule has 3 atom stereocenters. The largest absolute Gasteiger partial charge is 0.444 e. The highest BCUT2D eigenvalue weighted by molar-refractivity contribution is 5.87. The van der Waals surface area contributed by atoms with Crippen LogP contribution in [0.2, 0.25) is 0 Å². The number of para-hydroxylation sites is 1. The van der Waals surface area contributed by atoms with Crippen molar-refractivity contribution in [2.24, 2.45) is 24.8 Å². The lowest BCUT2D eigenvalue weighted by Gasteiger charge is -2.27. The highest BCUT2D eigenvalue weighted by Crippen LogP contribution is 2.52. The van der Waals surface area contributed by atoms with E-state index in [0.717, 1.165) is 0 Å². The summed E-state index contributed by atoms with van der Waals surface area (Å²) < 4.78 is 21.2. The average molecular weight is 416 g/mol. The molecule has 162 valence electrons. The molecule has 4 rings (SSSR count). The number of hydrogen-bond acceptors (Lipinski definition) is 4. The van der Waals surface area contributed by atoms with E-state index >= 15 is 0 Å². The summed E-state index contributed by atoms with van der Waals surface area (Å²) in [5, 5.41) is 8.28. The van der Waals surface area contributed by atoms with Crippen LogP contribution < -0.4 is 5.32 Å². The Hall–Kier alpha value is -2.64. The van der Waals surface area contributed by atoms with Gasteiger partial charge in [0.05, 0.1) is 11.2 Å². The minimum Gasteiger partial charge on any atom is -0.444 e. The maximum absolute atomic E-state index is 14.2. The van der Waals surface area contributed by atoms with Crippen molar-refractivity contribution in [2.75, 3.05) is 13.1 Å². The van der Waals surface area contributed by atoms with Gasteiger partial charge in [-0.2, -0.15) is 5.10 Å². The zero-order valence-corrected chi connectivity index (χ0v) is 18.3. The summed E-state index contributed by atoms with van der Waals surface area (Å²) in [6.07, 6.45) is -0.323. The summed E-state index contributed by atoms with van der Waals surface area (Å²) in [7, 11) is 1.70.